The van der Waals surface area contributed by atoms with Crippen molar-refractivity contribution in [3.8, 4) is 5.75 Å². The van der Waals surface area contributed by atoms with Crippen LogP contribution in [0, 0.1) is 0 Å². The maximum Gasteiger partial charge on any atom is 0.119 e. The molecule has 0 heterocycles. The first-order chi connectivity index (χ1) is 10.3. The molecule has 2 aromatic carbocycles. The molecule has 0 aromatic heterocycles. The molecule has 1 aliphatic rings. The Morgan fingerprint density at radius 3 is 2.62 bits per heavy atom. The second-order valence-electron chi connectivity index (χ2n) is 5.81. The van der Waals surface area contributed by atoms with Gasteiger partial charge in [-0.1, -0.05) is 49.7 Å². The molecule has 1 aliphatic carbocycles. The van der Waals surface area contributed by atoms with Gasteiger partial charge in [0.05, 0.1) is 6.04 Å². The molecule has 21 heavy (non-hydrogen) atoms. The standard InChI is InChI=1S/C19H23NO/c1-2-5-14-8-11-16(12-9-14)21-18-13-10-15-6-3-4-7-17(15)19(18)20/h3-4,6-9,11-12,18-19H,2,5,10,13,20H2,1H3. The van der Waals surface area contributed by atoms with E-state index in [0.717, 1.165) is 25.0 Å². The zero-order chi connectivity index (χ0) is 14.7. The fourth-order valence-corrected chi connectivity index (χ4v) is 3.10. The Hall–Kier alpha value is -1.80. The lowest BCUT2D eigenvalue weighted by Crippen LogP contribution is -2.35. The summed E-state index contributed by atoms with van der Waals surface area (Å²) in [6.45, 7) is 2.20. The van der Waals surface area contributed by atoms with Gasteiger partial charge in [-0.15, -0.1) is 0 Å². The third-order valence-electron chi connectivity index (χ3n) is 4.26. The van der Waals surface area contributed by atoms with Gasteiger partial charge >= 0.3 is 0 Å². The zero-order valence-electron chi connectivity index (χ0n) is 12.6. The predicted octanol–water partition coefficient (Wildman–Crippen LogP) is 4.03. The van der Waals surface area contributed by atoms with Gasteiger partial charge in [-0.25, -0.2) is 0 Å². The van der Waals surface area contributed by atoms with Gasteiger partial charge < -0.3 is 10.5 Å². The van der Waals surface area contributed by atoms with Crippen molar-refractivity contribution in [3.05, 3.63) is 65.2 Å². The molecule has 2 heteroatoms. The Kier molecular flexibility index (Phi) is 4.26. The quantitative estimate of drug-likeness (QED) is 0.918. The molecule has 2 unspecified atom stereocenters. The molecule has 110 valence electrons. The summed E-state index contributed by atoms with van der Waals surface area (Å²) >= 11 is 0. The van der Waals surface area contributed by atoms with Crippen molar-refractivity contribution >= 4 is 0 Å². The molecule has 0 saturated carbocycles. The molecule has 0 spiro atoms. The number of hydrogen-bond donors (Lipinski definition) is 1. The minimum atomic E-state index is -0.0368. The average Bonchev–Trinajstić information content (AvgIpc) is 2.52. The second kappa shape index (κ2) is 6.31. The number of rotatable bonds is 4. The van der Waals surface area contributed by atoms with Crippen LogP contribution >= 0.6 is 0 Å². The first-order valence-corrected chi connectivity index (χ1v) is 7.87. The molecule has 2 nitrogen and oxygen atoms in total. The summed E-state index contributed by atoms with van der Waals surface area (Å²) in [6, 6.07) is 16.8. The van der Waals surface area contributed by atoms with Gasteiger partial charge in [-0.2, -0.15) is 0 Å². The summed E-state index contributed by atoms with van der Waals surface area (Å²) in [5.74, 6) is 0.926. The number of benzene rings is 2. The van der Waals surface area contributed by atoms with E-state index >= 15 is 0 Å². The first kappa shape index (κ1) is 14.2. The highest BCUT2D eigenvalue weighted by Crippen LogP contribution is 2.31. The Balaban J connectivity index is 1.71. The molecule has 2 atom stereocenters. The molecule has 0 bridgehead atoms. The van der Waals surface area contributed by atoms with Crippen molar-refractivity contribution in [2.24, 2.45) is 5.73 Å². The summed E-state index contributed by atoms with van der Waals surface area (Å²) in [4.78, 5) is 0. The Morgan fingerprint density at radius 1 is 1.10 bits per heavy atom. The van der Waals surface area contributed by atoms with Gasteiger partial charge in [0.2, 0.25) is 0 Å². The third-order valence-corrected chi connectivity index (χ3v) is 4.26. The van der Waals surface area contributed by atoms with Crippen LogP contribution in [0.3, 0.4) is 0 Å². The van der Waals surface area contributed by atoms with E-state index in [9.17, 15) is 0 Å². The predicted molar refractivity (Wildman–Crippen MR) is 86.5 cm³/mol. The molecule has 0 aliphatic heterocycles. The summed E-state index contributed by atoms with van der Waals surface area (Å²) in [6.07, 6.45) is 4.38. The summed E-state index contributed by atoms with van der Waals surface area (Å²) in [7, 11) is 0. The highest BCUT2D eigenvalue weighted by molar-refractivity contribution is 5.34. The van der Waals surface area contributed by atoms with Crippen LogP contribution in [0.2, 0.25) is 0 Å². The second-order valence-corrected chi connectivity index (χ2v) is 5.81. The topological polar surface area (TPSA) is 35.2 Å². The maximum atomic E-state index is 6.39. The van der Waals surface area contributed by atoms with Crippen molar-refractivity contribution in [1.29, 1.82) is 0 Å². The summed E-state index contributed by atoms with van der Waals surface area (Å²) < 4.78 is 6.13. The number of aryl methyl sites for hydroxylation is 2. The molecular weight excluding hydrogens is 258 g/mol. The molecule has 0 saturated heterocycles. The van der Waals surface area contributed by atoms with Gasteiger partial charge in [0, 0.05) is 0 Å². The van der Waals surface area contributed by atoms with Gasteiger partial charge in [0.15, 0.2) is 0 Å². The van der Waals surface area contributed by atoms with Crippen LogP contribution < -0.4 is 10.5 Å². The number of hydrogen-bond acceptors (Lipinski definition) is 2. The van der Waals surface area contributed by atoms with Crippen LogP contribution in [-0.4, -0.2) is 6.10 Å². The van der Waals surface area contributed by atoms with Crippen molar-refractivity contribution in [3.63, 3.8) is 0 Å². The summed E-state index contributed by atoms with van der Waals surface area (Å²) in [5.41, 5.74) is 10.4. The third kappa shape index (κ3) is 3.11. The fourth-order valence-electron chi connectivity index (χ4n) is 3.10. The number of ether oxygens (including phenoxy) is 1. The van der Waals surface area contributed by atoms with Crippen LogP contribution in [-0.2, 0) is 12.8 Å². The van der Waals surface area contributed by atoms with Crippen molar-refractivity contribution in [2.75, 3.05) is 0 Å². The molecule has 0 fully saturated rings. The normalized spacial score (nSPS) is 20.9. The number of fused-ring (bicyclic) bond motifs is 1. The lowest BCUT2D eigenvalue weighted by molar-refractivity contribution is 0.153. The minimum absolute atomic E-state index is 0.0368. The average molecular weight is 281 g/mol. The minimum Gasteiger partial charge on any atom is -0.488 e. The molecule has 0 radical (unpaired) electrons. The lowest BCUT2D eigenvalue weighted by Gasteiger charge is -2.31. The zero-order valence-corrected chi connectivity index (χ0v) is 12.6. The van der Waals surface area contributed by atoms with Crippen molar-refractivity contribution in [1.82, 2.24) is 0 Å². The largest absolute Gasteiger partial charge is 0.488 e. The summed E-state index contributed by atoms with van der Waals surface area (Å²) in [5, 5.41) is 0. The van der Waals surface area contributed by atoms with Crippen LogP contribution in [0.25, 0.3) is 0 Å². The van der Waals surface area contributed by atoms with E-state index in [1.807, 2.05) is 0 Å². The van der Waals surface area contributed by atoms with E-state index in [-0.39, 0.29) is 12.1 Å². The fraction of sp³-hybridized carbons (Fsp3) is 0.368. The van der Waals surface area contributed by atoms with E-state index in [0.29, 0.717) is 0 Å². The molecule has 0 amide bonds. The molecule has 2 aromatic rings. The van der Waals surface area contributed by atoms with E-state index in [1.54, 1.807) is 0 Å². The van der Waals surface area contributed by atoms with Gasteiger partial charge in [0.25, 0.3) is 0 Å². The SMILES string of the molecule is CCCc1ccc(OC2CCc3ccccc3C2N)cc1. The van der Waals surface area contributed by atoms with E-state index in [2.05, 4.69) is 55.5 Å². The number of nitrogens with two attached hydrogens (primary N) is 1. The van der Waals surface area contributed by atoms with E-state index in [1.165, 1.54) is 23.1 Å². The molecule has 2 N–H and O–H groups in total. The first-order valence-electron chi connectivity index (χ1n) is 7.87. The molecule has 3 rings (SSSR count). The Labute approximate surface area is 126 Å². The Morgan fingerprint density at radius 2 is 1.86 bits per heavy atom. The van der Waals surface area contributed by atoms with Crippen molar-refractivity contribution < 1.29 is 4.74 Å². The highest BCUT2D eigenvalue weighted by atomic mass is 16.5. The lowest BCUT2D eigenvalue weighted by atomic mass is 9.86. The van der Waals surface area contributed by atoms with Gasteiger partial charge in [0.1, 0.15) is 11.9 Å². The maximum absolute atomic E-state index is 6.39. The van der Waals surface area contributed by atoms with E-state index in [4.69, 9.17) is 10.5 Å². The monoisotopic (exact) mass is 281 g/mol. The van der Waals surface area contributed by atoms with Crippen LogP contribution in [0.4, 0.5) is 0 Å². The van der Waals surface area contributed by atoms with Gasteiger partial charge in [-0.3, -0.25) is 0 Å². The molecular formula is C19H23NO. The van der Waals surface area contributed by atoms with Crippen LogP contribution in [0.5, 0.6) is 5.75 Å². The van der Waals surface area contributed by atoms with Crippen LogP contribution in [0.1, 0.15) is 42.5 Å². The Bertz CT molecular complexity index is 591. The van der Waals surface area contributed by atoms with Gasteiger partial charge in [-0.05, 0) is 48.1 Å². The van der Waals surface area contributed by atoms with Crippen LogP contribution in [0.15, 0.2) is 48.5 Å². The highest BCUT2D eigenvalue weighted by Gasteiger charge is 2.27. The van der Waals surface area contributed by atoms with Crippen molar-refractivity contribution in [2.45, 2.75) is 44.8 Å². The van der Waals surface area contributed by atoms with E-state index < -0.39 is 0 Å². The smallest absolute Gasteiger partial charge is 0.119 e.